The third-order valence-corrected chi connectivity index (χ3v) is 19.5. The lowest BCUT2D eigenvalue weighted by molar-refractivity contribution is -0.385. The number of nitrogens with zero attached hydrogens (tertiary/aromatic N) is 1. The Labute approximate surface area is 358 Å². The third kappa shape index (κ3) is 12.2. The molecule has 0 aliphatic rings. The van der Waals surface area contributed by atoms with Gasteiger partial charge in [-0.25, -0.2) is 0 Å². The molecule has 14 heteroatoms. The molecule has 2 N–H and O–H groups in total. The van der Waals surface area contributed by atoms with E-state index in [1.165, 1.54) is 20.3 Å². The van der Waals surface area contributed by atoms with Crippen LogP contribution in [0.4, 0.5) is 11.4 Å². The van der Waals surface area contributed by atoms with Gasteiger partial charge in [-0.15, -0.1) is 0 Å². The zero-order valence-corrected chi connectivity index (χ0v) is 40.2. The number of anilines is 1. The zero-order chi connectivity index (χ0) is 45.2. The minimum absolute atomic E-state index is 0.0441. The van der Waals surface area contributed by atoms with Crippen molar-refractivity contribution in [1.82, 2.24) is 0 Å². The minimum atomic E-state index is -2.06. The van der Waals surface area contributed by atoms with E-state index in [1.807, 2.05) is 66.8 Å². The molecule has 12 nitrogen and oxygen atoms in total. The number of nitrogen functional groups attached to an aromatic ring is 1. The summed E-state index contributed by atoms with van der Waals surface area (Å²) in [6, 6.07) is 18.5. The maximum atomic E-state index is 11.4. The summed E-state index contributed by atoms with van der Waals surface area (Å²) in [5, 5.41) is 11.6. The van der Waals surface area contributed by atoms with Crippen molar-refractivity contribution in [2.24, 2.45) is 0 Å². The van der Waals surface area contributed by atoms with Crippen LogP contribution in [0.3, 0.4) is 0 Å². The second-order valence-corrected chi connectivity index (χ2v) is 26.5. The fraction of sp³-hybridized carbons (Fsp3) is 0.391. The number of benzene rings is 4. The second-order valence-electron chi connectivity index (χ2n) is 17.1. The van der Waals surface area contributed by atoms with Gasteiger partial charge in [0.25, 0.3) is 16.6 Å². The Morgan fingerprint density at radius 1 is 0.500 bits per heavy atom. The Morgan fingerprint density at radius 3 is 1.20 bits per heavy atom. The Morgan fingerprint density at radius 2 is 0.850 bits per heavy atom. The molecule has 0 saturated carbocycles. The maximum Gasteiger partial charge on any atom is 0.315 e. The van der Waals surface area contributed by atoms with E-state index < -0.39 is 21.6 Å². The van der Waals surface area contributed by atoms with Gasteiger partial charge in [0.05, 0.1) is 53.3 Å². The molecule has 4 rings (SSSR count). The number of hydrogen-bond donors (Lipinski definition) is 1. The molecule has 0 spiro atoms. The van der Waals surface area contributed by atoms with Gasteiger partial charge in [0.15, 0.2) is 28.7 Å². The fourth-order valence-electron chi connectivity index (χ4n) is 5.30. The molecule has 0 saturated heterocycles. The van der Waals surface area contributed by atoms with Crippen molar-refractivity contribution in [3.63, 3.8) is 0 Å². The van der Waals surface area contributed by atoms with Crippen LogP contribution < -0.4 is 43.0 Å². The van der Waals surface area contributed by atoms with Crippen LogP contribution in [0, 0.1) is 10.1 Å². The van der Waals surface area contributed by atoms with E-state index in [0.29, 0.717) is 40.0 Å². The van der Waals surface area contributed by atoms with Gasteiger partial charge in [-0.2, -0.15) is 0 Å². The minimum Gasteiger partial charge on any atom is -0.541 e. The number of nitrogens with two attached hydrogens (primary N) is 1. The standard InChI is InChI=1S/C23H31NO6Si.C23H33NO4Si/c1-23(2,3)31(7,8)30-20-14-16(11-12-19(20)27-4)9-10-17-13-18(24(25)26)22(29-6)21(15-17)28-5;1-23(2,3)29(7,8)28-20-14-16(11-12-19(20)25-4)9-10-17-13-18(24)22(27-6)21(15-17)26-5/h9-15H,1-8H3;9-15H,24H2,1-8H3/b2*10-9-. The van der Waals surface area contributed by atoms with Gasteiger partial charge < -0.3 is 43.0 Å². The molecule has 0 radical (unpaired) electrons. The highest BCUT2D eigenvalue weighted by Gasteiger charge is 2.40. The van der Waals surface area contributed by atoms with Crippen molar-refractivity contribution < 1.29 is 42.2 Å². The number of nitro benzene ring substituents is 1. The number of nitro groups is 1. The first-order valence-corrected chi connectivity index (χ1v) is 25.3. The highest BCUT2D eigenvalue weighted by molar-refractivity contribution is 6.75. The van der Waals surface area contributed by atoms with Gasteiger partial charge in [-0.3, -0.25) is 10.1 Å². The molecular weight excluding hydrogens is 797 g/mol. The van der Waals surface area contributed by atoms with E-state index in [-0.39, 0.29) is 21.5 Å². The molecule has 0 aliphatic heterocycles. The first-order chi connectivity index (χ1) is 27.9. The number of ether oxygens (including phenoxy) is 6. The van der Waals surface area contributed by atoms with E-state index in [9.17, 15) is 10.1 Å². The van der Waals surface area contributed by atoms with Crippen LogP contribution in [-0.4, -0.2) is 64.2 Å². The van der Waals surface area contributed by atoms with Crippen LogP contribution in [0.1, 0.15) is 63.8 Å². The molecule has 4 aromatic carbocycles. The summed E-state index contributed by atoms with van der Waals surface area (Å²) < 4.78 is 45.0. The predicted molar refractivity (Wildman–Crippen MR) is 250 cm³/mol. The van der Waals surface area contributed by atoms with Crippen LogP contribution >= 0.6 is 0 Å². The molecule has 0 amide bonds. The quantitative estimate of drug-likeness (QED) is 0.0401. The lowest BCUT2D eigenvalue weighted by atomic mass is 10.1. The summed E-state index contributed by atoms with van der Waals surface area (Å²) in [7, 11) is 5.23. The summed E-state index contributed by atoms with van der Waals surface area (Å²) in [6.45, 7) is 22.0. The molecule has 0 aromatic heterocycles. The van der Waals surface area contributed by atoms with Crippen molar-refractivity contribution in [2.75, 3.05) is 48.4 Å². The van der Waals surface area contributed by atoms with E-state index in [2.05, 4.69) is 67.7 Å². The van der Waals surface area contributed by atoms with E-state index in [4.69, 9.17) is 43.0 Å². The Bertz CT molecular complexity index is 2170. The van der Waals surface area contributed by atoms with E-state index >= 15 is 0 Å². The molecule has 0 bridgehead atoms. The Kier molecular flexibility index (Phi) is 16.3. The lowest BCUT2D eigenvalue weighted by Gasteiger charge is -2.36. The molecule has 0 unspecified atom stereocenters. The van der Waals surface area contributed by atoms with Gasteiger partial charge in [-0.05, 0) is 101 Å². The van der Waals surface area contributed by atoms with Crippen LogP contribution in [0.2, 0.25) is 36.3 Å². The number of methoxy groups -OCH3 is 6. The molecule has 0 heterocycles. The van der Waals surface area contributed by atoms with Gasteiger partial charge in [0.2, 0.25) is 5.75 Å². The third-order valence-electron chi connectivity index (χ3n) is 10.9. The maximum absolute atomic E-state index is 11.4. The van der Waals surface area contributed by atoms with E-state index in [1.54, 1.807) is 40.6 Å². The lowest BCUT2D eigenvalue weighted by Crippen LogP contribution is -2.43. The summed E-state index contributed by atoms with van der Waals surface area (Å²) in [5.74, 6) is 4.41. The second kappa shape index (κ2) is 20.1. The number of rotatable bonds is 15. The van der Waals surface area contributed by atoms with Crippen LogP contribution in [0.25, 0.3) is 24.3 Å². The van der Waals surface area contributed by atoms with Crippen molar-refractivity contribution in [3.05, 3.63) is 93.0 Å². The van der Waals surface area contributed by atoms with Gasteiger partial charge in [0, 0.05) is 6.07 Å². The fourth-order valence-corrected chi connectivity index (χ4v) is 7.33. The Balaban J connectivity index is 0.000000321. The Hall–Kier alpha value is -5.61. The smallest absolute Gasteiger partial charge is 0.315 e. The van der Waals surface area contributed by atoms with Crippen molar-refractivity contribution in [2.45, 2.75) is 77.8 Å². The van der Waals surface area contributed by atoms with Crippen LogP contribution in [0.15, 0.2) is 60.7 Å². The average molecular weight is 861 g/mol. The normalized spacial score (nSPS) is 12.1. The van der Waals surface area contributed by atoms with Crippen molar-refractivity contribution >= 4 is 52.3 Å². The molecule has 326 valence electrons. The van der Waals surface area contributed by atoms with Gasteiger partial charge >= 0.3 is 5.69 Å². The van der Waals surface area contributed by atoms with Gasteiger partial charge in [-0.1, -0.05) is 78.0 Å². The highest BCUT2D eigenvalue weighted by Crippen LogP contribution is 2.43. The molecule has 0 atom stereocenters. The molecular formula is C46H64N2O10Si2. The number of hydrogen-bond acceptors (Lipinski definition) is 11. The largest absolute Gasteiger partial charge is 0.541 e. The molecule has 0 aliphatic carbocycles. The van der Waals surface area contributed by atoms with E-state index in [0.717, 1.165) is 28.2 Å². The molecule has 60 heavy (non-hydrogen) atoms. The first-order valence-electron chi connectivity index (χ1n) is 19.5. The summed E-state index contributed by atoms with van der Waals surface area (Å²) in [6.07, 6.45) is 7.64. The molecule has 0 fully saturated rings. The van der Waals surface area contributed by atoms with Crippen molar-refractivity contribution in [3.8, 4) is 46.0 Å². The van der Waals surface area contributed by atoms with Crippen molar-refractivity contribution in [1.29, 1.82) is 0 Å². The summed E-state index contributed by atoms with van der Waals surface area (Å²) in [4.78, 5) is 10.9. The highest BCUT2D eigenvalue weighted by atomic mass is 28.4. The zero-order valence-electron chi connectivity index (χ0n) is 38.2. The summed E-state index contributed by atoms with van der Waals surface area (Å²) in [5.41, 5.74) is 9.88. The predicted octanol–water partition coefficient (Wildman–Crippen LogP) is 12.0. The van der Waals surface area contributed by atoms with Crippen LogP contribution in [0.5, 0.6) is 46.0 Å². The topological polar surface area (TPSA) is 143 Å². The van der Waals surface area contributed by atoms with Gasteiger partial charge in [0.1, 0.15) is 11.5 Å². The SMILES string of the molecule is COc1ccc(/C=C\c2cc(N)c(OC)c(OC)c2)cc1O[Si](C)(C)C(C)(C)C.COc1ccc(/C=C\c2cc(OC)c(OC)c([N+](=O)[O-])c2)cc1O[Si](C)(C)C(C)(C)C. The molecule has 4 aromatic rings. The summed E-state index contributed by atoms with van der Waals surface area (Å²) >= 11 is 0. The average Bonchev–Trinajstić information content (AvgIpc) is 3.17. The first kappa shape index (κ1) is 48.8. The monoisotopic (exact) mass is 860 g/mol. The van der Waals surface area contributed by atoms with Crippen LogP contribution in [-0.2, 0) is 0 Å².